The third-order valence-corrected chi connectivity index (χ3v) is 4.64. The Hall–Kier alpha value is -1.65. The molecule has 4 heteroatoms. The minimum absolute atomic E-state index is 0.102. The molecule has 0 spiro atoms. The van der Waals surface area contributed by atoms with Gasteiger partial charge in [0, 0.05) is 41.8 Å². The number of H-pyrrole nitrogens is 1. The molecule has 2 N–H and O–H groups in total. The van der Waals surface area contributed by atoms with Crippen LogP contribution in [0.25, 0.3) is 10.9 Å². The molecule has 1 aliphatic rings. The second kappa shape index (κ2) is 6.63. The first-order chi connectivity index (χ1) is 10.7. The molecule has 1 fully saturated rings. The smallest absolute Gasteiger partial charge is 0.189 e. The number of fused-ring (bicyclic) bond motifs is 1. The number of likely N-dealkylation sites (N-methyl/N-ethyl adjacent to an activating group) is 1. The largest absolute Gasteiger partial charge is 0.357 e. The lowest BCUT2D eigenvalue weighted by atomic mass is 10.1. The van der Waals surface area contributed by atoms with Crippen LogP contribution in [0.2, 0.25) is 0 Å². The lowest BCUT2D eigenvalue weighted by molar-refractivity contribution is 0.259. The van der Waals surface area contributed by atoms with Gasteiger partial charge in [0.2, 0.25) is 0 Å². The van der Waals surface area contributed by atoms with E-state index in [-0.39, 0.29) is 5.43 Å². The summed E-state index contributed by atoms with van der Waals surface area (Å²) < 4.78 is 0. The fourth-order valence-electron chi connectivity index (χ4n) is 3.43. The first kappa shape index (κ1) is 15.3. The van der Waals surface area contributed by atoms with E-state index in [0.717, 1.165) is 35.2 Å². The van der Waals surface area contributed by atoms with Crippen LogP contribution in [0.5, 0.6) is 0 Å². The molecule has 4 nitrogen and oxygen atoms in total. The van der Waals surface area contributed by atoms with Crippen molar-refractivity contribution in [1.29, 1.82) is 0 Å². The van der Waals surface area contributed by atoms with E-state index in [4.69, 9.17) is 0 Å². The van der Waals surface area contributed by atoms with E-state index in [1.54, 1.807) is 6.07 Å². The number of likely N-dealkylation sites (tertiary alicyclic amines) is 1. The number of nitrogens with zero attached hydrogens (tertiary/aromatic N) is 1. The Bertz CT molecular complexity index is 707. The second-order valence-electron chi connectivity index (χ2n) is 6.26. The monoisotopic (exact) mass is 299 g/mol. The summed E-state index contributed by atoms with van der Waals surface area (Å²) in [7, 11) is 0. The van der Waals surface area contributed by atoms with Crippen LogP contribution in [0.3, 0.4) is 0 Å². The van der Waals surface area contributed by atoms with E-state index in [1.165, 1.54) is 19.4 Å². The molecule has 1 aliphatic heterocycles. The average Bonchev–Trinajstić information content (AvgIpc) is 2.96. The van der Waals surface area contributed by atoms with Crippen molar-refractivity contribution < 1.29 is 0 Å². The zero-order valence-corrected chi connectivity index (χ0v) is 13.5. The molecule has 0 radical (unpaired) electrons. The molecule has 1 saturated heterocycles. The van der Waals surface area contributed by atoms with Gasteiger partial charge in [-0.05, 0) is 45.0 Å². The molecule has 1 atom stereocenters. The predicted octanol–water partition coefficient (Wildman–Crippen LogP) is 2.41. The number of benzene rings is 1. The molecule has 0 unspecified atom stereocenters. The van der Waals surface area contributed by atoms with Gasteiger partial charge in [-0.3, -0.25) is 9.69 Å². The lowest BCUT2D eigenvalue weighted by Gasteiger charge is -2.23. The molecule has 118 valence electrons. The summed E-state index contributed by atoms with van der Waals surface area (Å²) in [6.07, 6.45) is 2.57. The standard InChI is InChI=1S/C18H25N3O/c1-3-21-8-4-5-15(21)12-19-11-14-10-18(22)16-9-13(2)6-7-17(16)20-14/h6-7,9-10,15,19H,3-5,8,11-12H2,1-2H3,(H,20,22)/t15-/m1/s1. The summed E-state index contributed by atoms with van der Waals surface area (Å²) >= 11 is 0. The molecule has 22 heavy (non-hydrogen) atoms. The van der Waals surface area contributed by atoms with E-state index >= 15 is 0 Å². The van der Waals surface area contributed by atoms with Crippen LogP contribution < -0.4 is 10.7 Å². The minimum atomic E-state index is 0.102. The Morgan fingerprint density at radius 1 is 1.36 bits per heavy atom. The number of hydrogen-bond donors (Lipinski definition) is 2. The molecule has 1 aromatic carbocycles. The Balaban J connectivity index is 1.67. The van der Waals surface area contributed by atoms with Crippen molar-refractivity contribution in [3.8, 4) is 0 Å². The number of nitrogens with one attached hydrogen (secondary N) is 2. The quantitative estimate of drug-likeness (QED) is 0.891. The van der Waals surface area contributed by atoms with Gasteiger partial charge in [0.25, 0.3) is 0 Å². The maximum absolute atomic E-state index is 12.2. The van der Waals surface area contributed by atoms with Gasteiger partial charge >= 0.3 is 0 Å². The maximum Gasteiger partial charge on any atom is 0.189 e. The van der Waals surface area contributed by atoms with Gasteiger partial charge in [0.05, 0.1) is 0 Å². The van der Waals surface area contributed by atoms with Gasteiger partial charge in [-0.15, -0.1) is 0 Å². The summed E-state index contributed by atoms with van der Waals surface area (Å²) in [6, 6.07) is 8.34. The molecule has 0 bridgehead atoms. The van der Waals surface area contributed by atoms with Gasteiger partial charge < -0.3 is 10.3 Å². The minimum Gasteiger partial charge on any atom is -0.357 e. The summed E-state index contributed by atoms with van der Waals surface area (Å²) in [4.78, 5) is 18.1. The van der Waals surface area contributed by atoms with Crippen molar-refractivity contribution in [2.45, 2.75) is 39.3 Å². The highest BCUT2D eigenvalue weighted by Gasteiger charge is 2.22. The van der Waals surface area contributed by atoms with Crippen LogP contribution in [-0.4, -0.2) is 35.6 Å². The molecule has 3 rings (SSSR count). The Morgan fingerprint density at radius 3 is 3.05 bits per heavy atom. The van der Waals surface area contributed by atoms with Crippen LogP contribution in [0.4, 0.5) is 0 Å². The third kappa shape index (κ3) is 3.23. The zero-order chi connectivity index (χ0) is 15.5. The molecule has 0 amide bonds. The molecule has 0 aliphatic carbocycles. The molecular weight excluding hydrogens is 274 g/mol. The SMILES string of the molecule is CCN1CCC[C@@H]1CNCc1cc(=O)c2cc(C)ccc2[nH]1. The summed E-state index contributed by atoms with van der Waals surface area (Å²) in [5.41, 5.74) is 3.10. The highest BCUT2D eigenvalue weighted by Crippen LogP contribution is 2.16. The van der Waals surface area contributed by atoms with Crippen LogP contribution in [0.1, 0.15) is 31.0 Å². The van der Waals surface area contributed by atoms with Gasteiger partial charge in [0.1, 0.15) is 0 Å². The normalized spacial score (nSPS) is 19.1. The zero-order valence-electron chi connectivity index (χ0n) is 13.5. The summed E-state index contributed by atoms with van der Waals surface area (Å²) in [5, 5.41) is 4.27. The molecule has 1 aromatic heterocycles. The Morgan fingerprint density at radius 2 is 2.23 bits per heavy atom. The van der Waals surface area contributed by atoms with Crippen molar-refractivity contribution >= 4 is 10.9 Å². The number of aryl methyl sites for hydroxylation is 1. The molecule has 0 saturated carbocycles. The van der Waals surface area contributed by atoms with Crippen LogP contribution >= 0.6 is 0 Å². The summed E-state index contributed by atoms with van der Waals surface area (Å²) in [5.74, 6) is 0. The summed E-state index contributed by atoms with van der Waals surface area (Å²) in [6.45, 7) is 8.28. The third-order valence-electron chi connectivity index (χ3n) is 4.64. The van der Waals surface area contributed by atoms with Gasteiger partial charge in [-0.1, -0.05) is 18.6 Å². The van der Waals surface area contributed by atoms with Gasteiger partial charge in [-0.2, -0.15) is 0 Å². The topological polar surface area (TPSA) is 48.1 Å². The van der Waals surface area contributed by atoms with E-state index in [0.29, 0.717) is 12.6 Å². The number of pyridine rings is 1. The van der Waals surface area contributed by atoms with E-state index < -0.39 is 0 Å². The van der Waals surface area contributed by atoms with Crippen molar-refractivity contribution in [3.05, 3.63) is 45.7 Å². The number of rotatable bonds is 5. The molecule has 2 heterocycles. The molecular formula is C18H25N3O. The van der Waals surface area contributed by atoms with Gasteiger partial charge in [0.15, 0.2) is 5.43 Å². The van der Waals surface area contributed by atoms with Crippen LogP contribution in [0, 0.1) is 6.92 Å². The maximum atomic E-state index is 12.2. The lowest BCUT2D eigenvalue weighted by Crippen LogP contribution is -2.37. The van der Waals surface area contributed by atoms with Crippen LogP contribution in [-0.2, 0) is 6.54 Å². The predicted molar refractivity (Wildman–Crippen MR) is 91.3 cm³/mol. The number of aromatic nitrogens is 1. The van der Waals surface area contributed by atoms with E-state index in [2.05, 4.69) is 22.1 Å². The van der Waals surface area contributed by atoms with Crippen molar-refractivity contribution in [1.82, 2.24) is 15.2 Å². The van der Waals surface area contributed by atoms with E-state index in [9.17, 15) is 4.79 Å². The highest BCUT2D eigenvalue weighted by molar-refractivity contribution is 5.79. The van der Waals surface area contributed by atoms with E-state index in [1.807, 2.05) is 25.1 Å². The number of aromatic amines is 1. The first-order valence-corrected chi connectivity index (χ1v) is 8.24. The fourth-order valence-corrected chi connectivity index (χ4v) is 3.43. The van der Waals surface area contributed by atoms with Crippen molar-refractivity contribution in [2.24, 2.45) is 0 Å². The van der Waals surface area contributed by atoms with Crippen LogP contribution in [0.15, 0.2) is 29.1 Å². The van der Waals surface area contributed by atoms with Crippen molar-refractivity contribution in [3.63, 3.8) is 0 Å². The fraction of sp³-hybridized carbons (Fsp3) is 0.500. The second-order valence-corrected chi connectivity index (χ2v) is 6.26. The molecule has 2 aromatic rings. The Kier molecular flexibility index (Phi) is 4.60. The number of hydrogen-bond acceptors (Lipinski definition) is 3. The first-order valence-electron chi connectivity index (χ1n) is 8.24. The van der Waals surface area contributed by atoms with Crippen molar-refractivity contribution in [2.75, 3.05) is 19.6 Å². The average molecular weight is 299 g/mol. The highest BCUT2D eigenvalue weighted by atomic mass is 16.1. The van der Waals surface area contributed by atoms with Gasteiger partial charge in [-0.25, -0.2) is 0 Å². The Labute approximate surface area is 131 Å².